The van der Waals surface area contributed by atoms with Crippen molar-refractivity contribution < 1.29 is 14.3 Å². The third-order valence-electron chi connectivity index (χ3n) is 6.22. The molecule has 3 aliphatic heterocycles. The number of ether oxygens (including phenoxy) is 1. The molecule has 0 saturated carbocycles. The molecule has 1 saturated heterocycles. The molecule has 0 unspecified atom stereocenters. The maximum Gasteiger partial charge on any atom is 0.282 e. The number of benzene rings is 1. The molecule has 1 fully saturated rings. The summed E-state index contributed by atoms with van der Waals surface area (Å²) >= 11 is 0. The molecule has 186 valence electrons. The number of methoxy groups -OCH3 is 1. The van der Waals surface area contributed by atoms with Gasteiger partial charge in [-0.15, -0.1) is 0 Å². The Bertz CT molecular complexity index is 1190. The molecule has 0 N–H and O–H groups in total. The van der Waals surface area contributed by atoms with Gasteiger partial charge in [-0.2, -0.15) is 9.78 Å². The Balaban J connectivity index is 1.64. The van der Waals surface area contributed by atoms with Gasteiger partial charge in [0.2, 0.25) is 5.91 Å². The Morgan fingerprint density at radius 1 is 1.03 bits per heavy atom. The zero-order valence-electron chi connectivity index (χ0n) is 20.6. The van der Waals surface area contributed by atoms with E-state index >= 15 is 0 Å². The zero-order valence-corrected chi connectivity index (χ0v) is 20.6. The zero-order chi connectivity index (χ0) is 24.9. The summed E-state index contributed by atoms with van der Waals surface area (Å²) in [6.45, 7) is 7.15. The number of para-hydroxylation sites is 1. The lowest BCUT2D eigenvalue weighted by Gasteiger charge is -2.35. The standard InChI is InChI=1S/C26H33N5O4/c1-19(2)16-23(32)29-11-13-30(14-12-29)25(33)21-17-28(10-7-15-35-3)18-22-24(21)27-31(26(22)34)20-8-5-4-6-9-20/h4-6,8-9,17-19H,7,10-16H2,1-3H3. The van der Waals surface area contributed by atoms with Gasteiger partial charge in [-0.05, 0) is 24.5 Å². The highest BCUT2D eigenvalue weighted by Gasteiger charge is 2.30. The number of carbonyl (C=O) groups is 2. The summed E-state index contributed by atoms with van der Waals surface area (Å²) in [5, 5.41) is 4.57. The maximum absolute atomic E-state index is 13.6. The van der Waals surface area contributed by atoms with Crippen molar-refractivity contribution in [2.75, 3.05) is 39.9 Å². The average Bonchev–Trinajstić information content (AvgIpc) is 3.20. The predicted octanol–water partition coefficient (Wildman–Crippen LogP) is 2.51. The van der Waals surface area contributed by atoms with E-state index in [0.29, 0.717) is 74.2 Å². The molecular formula is C26H33N5O4. The summed E-state index contributed by atoms with van der Waals surface area (Å²) in [7, 11) is 1.65. The van der Waals surface area contributed by atoms with Gasteiger partial charge in [-0.3, -0.25) is 14.4 Å². The van der Waals surface area contributed by atoms with Crippen molar-refractivity contribution in [1.29, 1.82) is 0 Å². The van der Waals surface area contributed by atoms with E-state index in [4.69, 9.17) is 4.74 Å². The van der Waals surface area contributed by atoms with Crippen molar-refractivity contribution in [2.45, 2.75) is 33.2 Å². The fourth-order valence-corrected chi connectivity index (χ4v) is 4.39. The van der Waals surface area contributed by atoms with Crippen LogP contribution in [0.2, 0.25) is 0 Å². The Morgan fingerprint density at radius 2 is 1.71 bits per heavy atom. The van der Waals surface area contributed by atoms with E-state index in [1.807, 2.05) is 53.6 Å². The van der Waals surface area contributed by atoms with Crippen LogP contribution in [0.25, 0.3) is 16.9 Å². The Kier molecular flexibility index (Phi) is 7.65. The van der Waals surface area contributed by atoms with Crippen LogP contribution in [0.1, 0.15) is 37.0 Å². The first kappa shape index (κ1) is 24.7. The molecular weight excluding hydrogens is 446 g/mol. The smallest absolute Gasteiger partial charge is 0.282 e. The van der Waals surface area contributed by atoms with E-state index in [9.17, 15) is 14.4 Å². The Morgan fingerprint density at radius 3 is 2.37 bits per heavy atom. The van der Waals surface area contributed by atoms with Gasteiger partial charge in [0, 0.05) is 65.3 Å². The Hall–Kier alpha value is -3.46. The minimum atomic E-state index is -0.259. The lowest BCUT2D eigenvalue weighted by atomic mass is 10.1. The normalized spacial score (nSPS) is 14.2. The monoisotopic (exact) mass is 479 g/mol. The van der Waals surface area contributed by atoms with Crippen LogP contribution in [-0.4, -0.2) is 75.9 Å². The van der Waals surface area contributed by atoms with Crippen LogP contribution in [0.3, 0.4) is 0 Å². The molecule has 4 rings (SSSR count). The summed E-state index contributed by atoms with van der Waals surface area (Å²) in [5.41, 5.74) is 1.59. The number of piperazine rings is 1. The summed E-state index contributed by atoms with van der Waals surface area (Å²) in [6.07, 6.45) is 4.80. The number of amides is 2. The van der Waals surface area contributed by atoms with E-state index < -0.39 is 0 Å². The average molecular weight is 480 g/mol. The predicted molar refractivity (Wildman–Crippen MR) is 133 cm³/mol. The van der Waals surface area contributed by atoms with Gasteiger partial charge in [0.15, 0.2) is 0 Å². The fourth-order valence-electron chi connectivity index (χ4n) is 4.39. The summed E-state index contributed by atoms with van der Waals surface area (Å²) < 4.78 is 8.39. The van der Waals surface area contributed by atoms with E-state index in [-0.39, 0.29) is 17.4 Å². The van der Waals surface area contributed by atoms with Crippen molar-refractivity contribution in [2.24, 2.45) is 5.92 Å². The topological polar surface area (TPSA) is 89.7 Å². The number of carbonyl (C=O) groups excluding carboxylic acids is 2. The lowest BCUT2D eigenvalue weighted by Crippen LogP contribution is -2.50. The molecule has 2 amide bonds. The quantitative estimate of drug-likeness (QED) is 0.463. The molecule has 9 heteroatoms. The third-order valence-corrected chi connectivity index (χ3v) is 6.22. The number of pyridine rings is 1. The maximum atomic E-state index is 13.6. The van der Waals surface area contributed by atoms with Crippen LogP contribution in [0.5, 0.6) is 0 Å². The first-order valence-electron chi connectivity index (χ1n) is 12.1. The van der Waals surface area contributed by atoms with Gasteiger partial charge in [-0.1, -0.05) is 32.0 Å². The van der Waals surface area contributed by atoms with Crippen LogP contribution < -0.4 is 5.56 Å². The lowest BCUT2D eigenvalue weighted by molar-refractivity contribution is -0.133. The molecule has 9 nitrogen and oxygen atoms in total. The number of hydrogen-bond acceptors (Lipinski definition) is 5. The molecule has 1 aromatic carbocycles. The highest BCUT2D eigenvalue weighted by atomic mass is 16.5. The number of rotatable bonds is 8. The van der Waals surface area contributed by atoms with Crippen LogP contribution in [0.15, 0.2) is 47.5 Å². The largest absolute Gasteiger partial charge is 0.385 e. The second-order valence-electron chi connectivity index (χ2n) is 9.34. The minimum absolute atomic E-state index is 0.128. The second-order valence-corrected chi connectivity index (χ2v) is 9.34. The van der Waals surface area contributed by atoms with Crippen LogP contribution in [-0.2, 0) is 16.1 Å². The highest BCUT2D eigenvalue weighted by molar-refractivity contribution is 6.00. The molecule has 0 radical (unpaired) electrons. The number of hydrogen-bond donors (Lipinski definition) is 0. The number of aryl methyl sites for hydroxylation is 1. The van der Waals surface area contributed by atoms with Crippen molar-refractivity contribution >= 4 is 11.8 Å². The minimum Gasteiger partial charge on any atom is -0.385 e. The van der Waals surface area contributed by atoms with Crippen molar-refractivity contribution in [3.8, 4) is 16.9 Å². The van der Waals surface area contributed by atoms with Crippen molar-refractivity contribution in [1.82, 2.24) is 24.1 Å². The SMILES string of the molecule is COCCCn1cc(C(=O)N2CCN(C(=O)CC(C)C)CC2)c2nn(-c3ccccc3)c(=O)c-2c1. The van der Waals surface area contributed by atoms with Gasteiger partial charge in [0.1, 0.15) is 5.69 Å². The van der Waals surface area contributed by atoms with Gasteiger partial charge in [0.05, 0.1) is 16.8 Å². The number of fused-ring (bicyclic) bond motifs is 1. The van der Waals surface area contributed by atoms with Gasteiger partial charge >= 0.3 is 0 Å². The van der Waals surface area contributed by atoms with E-state index in [2.05, 4.69) is 5.10 Å². The first-order valence-corrected chi connectivity index (χ1v) is 12.1. The van der Waals surface area contributed by atoms with Crippen LogP contribution >= 0.6 is 0 Å². The first-order chi connectivity index (χ1) is 16.9. The fraction of sp³-hybridized carbons (Fsp3) is 0.462. The third kappa shape index (κ3) is 5.45. The summed E-state index contributed by atoms with van der Waals surface area (Å²) in [6, 6.07) is 9.20. The van der Waals surface area contributed by atoms with Gasteiger partial charge < -0.3 is 19.1 Å². The van der Waals surface area contributed by atoms with Crippen LogP contribution in [0, 0.1) is 5.92 Å². The molecule has 35 heavy (non-hydrogen) atoms. The van der Waals surface area contributed by atoms with Crippen molar-refractivity contribution in [3.63, 3.8) is 0 Å². The van der Waals surface area contributed by atoms with Gasteiger partial charge in [0.25, 0.3) is 11.5 Å². The van der Waals surface area contributed by atoms with E-state index in [1.165, 1.54) is 4.68 Å². The molecule has 3 aliphatic rings. The number of nitrogens with zero attached hydrogens (tertiary/aromatic N) is 5. The van der Waals surface area contributed by atoms with Crippen molar-refractivity contribution in [3.05, 3.63) is 58.6 Å². The molecule has 0 aromatic heterocycles. The highest BCUT2D eigenvalue weighted by Crippen LogP contribution is 2.24. The Labute approximate surface area is 205 Å². The van der Waals surface area contributed by atoms with Gasteiger partial charge in [-0.25, -0.2) is 0 Å². The summed E-state index contributed by atoms with van der Waals surface area (Å²) in [4.78, 5) is 42.9. The summed E-state index contributed by atoms with van der Waals surface area (Å²) in [5.74, 6) is 0.252. The molecule has 1 aromatic rings. The van der Waals surface area contributed by atoms with E-state index in [1.54, 1.807) is 24.4 Å². The molecule has 0 atom stereocenters. The second kappa shape index (κ2) is 10.9. The number of aromatic nitrogens is 3. The molecule has 0 bridgehead atoms. The molecule has 0 aliphatic carbocycles. The molecule has 0 spiro atoms. The van der Waals surface area contributed by atoms with Crippen LogP contribution in [0.4, 0.5) is 0 Å². The van der Waals surface area contributed by atoms with E-state index in [0.717, 1.165) is 6.42 Å². The molecule has 3 heterocycles.